The summed E-state index contributed by atoms with van der Waals surface area (Å²) in [5, 5.41) is 3.41. The first-order chi connectivity index (χ1) is 16.9. The second-order valence-corrected chi connectivity index (χ2v) is 9.92. The first-order valence-electron chi connectivity index (χ1n) is 11.5. The van der Waals surface area contributed by atoms with Gasteiger partial charge in [-0.25, -0.2) is 4.99 Å². The molecule has 0 bridgehead atoms. The topological polar surface area (TPSA) is 59.9 Å². The summed E-state index contributed by atoms with van der Waals surface area (Å²) in [7, 11) is 0. The largest absolute Gasteiger partial charge is 0.490 e. The maximum atomic E-state index is 12.6. The van der Waals surface area contributed by atoms with Crippen molar-refractivity contribution >= 4 is 50.5 Å². The SMILES string of the molecule is CCOc1cc(/C=C2\SC(=Nc3ccc(CC)cc3)NC2=O)cc(Br)c1OCc1ccc(C)cc1. The molecule has 4 rings (SSSR count). The molecule has 5 nitrogen and oxygen atoms in total. The molecule has 3 aromatic rings. The normalized spacial score (nSPS) is 15.5. The minimum Gasteiger partial charge on any atom is -0.490 e. The van der Waals surface area contributed by atoms with Gasteiger partial charge in [0.15, 0.2) is 16.7 Å². The Hall–Kier alpha value is -3.03. The fraction of sp³-hybridized carbons (Fsp3) is 0.214. The Kier molecular flexibility index (Phi) is 8.31. The van der Waals surface area contributed by atoms with Crippen molar-refractivity contribution in [2.75, 3.05) is 6.61 Å². The highest BCUT2D eigenvalue weighted by Gasteiger charge is 2.24. The first kappa shape index (κ1) is 25.1. The third-order valence-corrected chi connectivity index (χ3v) is 6.86. The van der Waals surface area contributed by atoms with Crippen molar-refractivity contribution in [2.45, 2.75) is 33.8 Å². The van der Waals surface area contributed by atoms with Gasteiger partial charge < -0.3 is 14.8 Å². The van der Waals surface area contributed by atoms with Gasteiger partial charge in [0.2, 0.25) is 0 Å². The van der Waals surface area contributed by atoms with Crippen LogP contribution < -0.4 is 14.8 Å². The van der Waals surface area contributed by atoms with Gasteiger partial charge >= 0.3 is 0 Å². The van der Waals surface area contributed by atoms with Crippen LogP contribution in [0, 0.1) is 6.92 Å². The highest BCUT2D eigenvalue weighted by Crippen LogP contribution is 2.39. The maximum absolute atomic E-state index is 12.6. The molecule has 0 saturated carbocycles. The molecule has 1 fully saturated rings. The van der Waals surface area contributed by atoms with E-state index in [0.29, 0.717) is 34.8 Å². The Labute approximate surface area is 218 Å². The lowest BCUT2D eigenvalue weighted by molar-refractivity contribution is -0.115. The smallest absolute Gasteiger partial charge is 0.264 e. The number of nitrogens with one attached hydrogen (secondary N) is 1. The van der Waals surface area contributed by atoms with Gasteiger partial charge in [0.1, 0.15) is 6.61 Å². The summed E-state index contributed by atoms with van der Waals surface area (Å²) in [5.74, 6) is 1.08. The van der Waals surface area contributed by atoms with E-state index in [9.17, 15) is 4.79 Å². The van der Waals surface area contributed by atoms with Crippen LogP contribution in [0.2, 0.25) is 0 Å². The fourth-order valence-corrected chi connectivity index (χ4v) is 4.89. The number of hydrogen-bond donors (Lipinski definition) is 1. The zero-order chi connectivity index (χ0) is 24.8. The van der Waals surface area contributed by atoms with Crippen LogP contribution in [0.1, 0.15) is 36.1 Å². The monoisotopic (exact) mass is 550 g/mol. The van der Waals surface area contributed by atoms with Crippen LogP contribution in [0.15, 0.2) is 75.0 Å². The van der Waals surface area contributed by atoms with E-state index in [1.54, 1.807) is 0 Å². The minimum absolute atomic E-state index is 0.173. The predicted molar refractivity (Wildman–Crippen MR) is 147 cm³/mol. The highest BCUT2D eigenvalue weighted by atomic mass is 79.9. The number of amidine groups is 1. The maximum Gasteiger partial charge on any atom is 0.264 e. The zero-order valence-electron chi connectivity index (χ0n) is 19.9. The van der Waals surface area contributed by atoms with Crippen molar-refractivity contribution in [3.63, 3.8) is 0 Å². The zero-order valence-corrected chi connectivity index (χ0v) is 22.3. The molecule has 180 valence electrons. The third kappa shape index (κ3) is 6.55. The number of aliphatic imine (C=N–C) groups is 1. The number of benzene rings is 3. The van der Waals surface area contributed by atoms with Crippen LogP contribution in [0.4, 0.5) is 5.69 Å². The molecule has 0 radical (unpaired) electrons. The van der Waals surface area contributed by atoms with Crippen molar-refractivity contribution in [1.29, 1.82) is 0 Å². The molecule has 0 unspecified atom stereocenters. The van der Waals surface area contributed by atoms with Crippen molar-refractivity contribution in [3.05, 3.63) is 92.3 Å². The van der Waals surface area contributed by atoms with Crippen molar-refractivity contribution in [2.24, 2.45) is 4.99 Å². The van der Waals surface area contributed by atoms with Gasteiger partial charge in [0.25, 0.3) is 5.91 Å². The number of aryl methyl sites for hydroxylation is 2. The summed E-state index contributed by atoms with van der Waals surface area (Å²) in [6.07, 6.45) is 2.81. The number of nitrogens with zero attached hydrogens (tertiary/aromatic N) is 1. The number of halogens is 1. The summed E-state index contributed by atoms with van der Waals surface area (Å²) in [6, 6.07) is 20.1. The van der Waals surface area contributed by atoms with Gasteiger partial charge in [-0.05, 0) is 95.0 Å². The molecule has 1 aliphatic rings. The number of hydrogen-bond acceptors (Lipinski definition) is 5. The van der Waals surface area contributed by atoms with Crippen molar-refractivity contribution in [1.82, 2.24) is 5.32 Å². The Morgan fingerprint density at radius 1 is 1.00 bits per heavy atom. The van der Waals surface area contributed by atoms with Crippen LogP contribution in [-0.2, 0) is 17.8 Å². The molecule has 35 heavy (non-hydrogen) atoms. The molecule has 0 aliphatic carbocycles. The lowest BCUT2D eigenvalue weighted by Gasteiger charge is -2.15. The van der Waals surface area contributed by atoms with Crippen molar-refractivity contribution < 1.29 is 14.3 Å². The van der Waals surface area contributed by atoms with Crippen LogP contribution in [0.3, 0.4) is 0 Å². The van der Waals surface area contributed by atoms with E-state index in [1.807, 2.05) is 49.4 Å². The molecule has 3 aromatic carbocycles. The van der Waals surface area contributed by atoms with Gasteiger partial charge in [-0.15, -0.1) is 0 Å². The molecule has 0 spiro atoms. The number of carbonyl (C=O) groups is 1. The van der Waals surface area contributed by atoms with Crippen LogP contribution in [0.25, 0.3) is 6.08 Å². The van der Waals surface area contributed by atoms with E-state index in [-0.39, 0.29) is 5.91 Å². The number of rotatable bonds is 8. The lowest BCUT2D eigenvalue weighted by Crippen LogP contribution is -2.19. The second-order valence-electron chi connectivity index (χ2n) is 8.04. The molecular weight excluding hydrogens is 524 g/mol. The summed E-state index contributed by atoms with van der Waals surface area (Å²) in [5.41, 5.74) is 5.17. The second kappa shape index (κ2) is 11.6. The van der Waals surface area contributed by atoms with Gasteiger partial charge in [-0.3, -0.25) is 4.79 Å². The number of thioether (sulfide) groups is 1. The Morgan fingerprint density at radius 3 is 2.40 bits per heavy atom. The first-order valence-corrected chi connectivity index (χ1v) is 13.1. The quantitative estimate of drug-likeness (QED) is 0.301. The van der Waals surface area contributed by atoms with E-state index in [4.69, 9.17) is 9.47 Å². The predicted octanol–water partition coefficient (Wildman–Crippen LogP) is 7.19. The molecule has 1 aliphatic heterocycles. The molecule has 1 N–H and O–H groups in total. The lowest BCUT2D eigenvalue weighted by atomic mass is 10.1. The van der Waals surface area contributed by atoms with Gasteiger partial charge in [-0.2, -0.15) is 0 Å². The molecule has 1 heterocycles. The number of ether oxygens (including phenoxy) is 2. The number of carbonyl (C=O) groups excluding carboxylic acids is 1. The summed E-state index contributed by atoms with van der Waals surface area (Å²) >= 11 is 4.94. The molecule has 0 aromatic heterocycles. The molecule has 1 amide bonds. The average molecular weight is 552 g/mol. The van der Waals surface area contributed by atoms with E-state index in [2.05, 4.69) is 64.4 Å². The summed E-state index contributed by atoms with van der Waals surface area (Å²) < 4.78 is 12.7. The third-order valence-electron chi connectivity index (χ3n) is 5.36. The summed E-state index contributed by atoms with van der Waals surface area (Å²) in [4.78, 5) is 17.7. The van der Waals surface area contributed by atoms with E-state index >= 15 is 0 Å². The minimum atomic E-state index is -0.173. The van der Waals surface area contributed by atoms with Crippen LogP contribution in [0.5, 0.6) is 11.5 Å². The van der Waals surface area contributed by atoms with E-state index in [1.165, 1.54) is 22.9 Å². The van der Waals surface area contributed by atoms with Gasteiger partial charge in [0.05, 0.1) is 21.7 Å². The van der Waals surface area contributed by atoms with E-state index in [0.717, 1.165) is 27.7 Å². The van der Waals surface area contributed by atoms with Crippen LogP contribution in [-0.4, -0.2) is 17.7 Å². The molecule has 7 heteroatoms. The summed E-state index contributed by atoms with van der Waals surface area (Å²) in [6.45, 7) is 7.03. The molecular formula is C28H27BrN2O3S. The Bertz CT molecular complexity index is 1270. The average Bonchev–Trinajstić information content (AvgIpc) is 3.18. The standard InChI is InChI=1S/C28H27BrN2O3S/c1-4-19-10-12-22(13-11-19)30-28-31-27(32)25(35-28)16-21-14-23(29)26(24(15-21)33-5-2)34-17-20-8-6-18(3)7-9-20/h6-16H,4-5,17H2,1-3H3,(H,30,31,32)/b25-16-. The highest BCUT2D eigenvalue weighted by molar-refractivity contribution is 9.10. The fourth-order valence-electron chi connectivity index (χ4n) is 3.47. The van der Waals surface area contributed by atoms with Gasteiger partial charge in [0, 0.05) is 0 Å². The Balaban J connectivity index is 1.53. The molecule has 0 atom stereocenters. The molecule has 1 saturated heterocycles. The van der Waals surface area contributed by atoms with Crippen LogP contribution >= 0.6 is 27.7 Å². The Morgan fingerprint density at radius 2 is 1.71 bits per heavy atom. The number of amides is 1. The van der Waals surface area contributed by atoms with Crippen molar-refractivity contribution in [3.8, 4) is 11.5 Å². The van der Waals surface area contributed by atoms with E-state index < -0.39 is 0 Å². The van der Waals surface area contributed by atoms with Gasteiger partial charge in [-0.1, -0.05) is 48.9 Å².